The van der Waals surface area contributed by atoms with Gasteiger partial charge in [-0.3, -0.25) is 9.59 Å². The molecule has 6 heteroatoms. The summed E-state index contributed by atoms with van der Waals surface area (Å²) in [5.41, 5.74) is 0.465. The Labute approximate surface area is 106 Å². The highest BCUT2D eigenvalue weighted by atomic mass is 16.2. The lowest BCUT2D eigenvalue weighted by Gasteiger charge is -2.09. The molecule has 3 N–H and O–H groups in total. The maximum atomic E-state index is 11.8. The van der Waals surface area contributed by atoms with Crippen LogP contribution in [0.2, 0.25) is 0 Å². The topological polar surface area (TPSA) is 83.1 Å². The number of carbonyl (C=O) groups excluding carboxylic acids is 2. The molecule has 1 aromatic rings. The van der Waals surface area contributed by atoms with Gasteiger partial charge in [0.15, 0.2) is 0 Å². The summed E-state index contributed by atoms with van der Waals surface area (Å²) in [6.45, 7) is 3.69. The standard InChI is InChI=1S/C12H18N4O2/c1-8(2)16-11(17)7-15-12(18)9-4-5-14-10(6-9)13-3/h4-6,8H,7H2,1-3H3,(H,13,14)(H,15,18)(H,16,17). The number of nitrogens with zero attached hydrogens (tertiary/aromatic N) is 1. The van der Waals surface area contributed by atoms with Crippen LogP contribution in [0.15, 0.2) is 18.3 Å². The Morgan fingerprint density at radius 2 is 2.11 bits per heavy atom. The summed E-state index contributed by atoms with van der Waals surface area (Å²) < 4.78 is 0. The Balaban J connectivity index is 2.52. The van der Waals surface area contributed by atoms with Crippen molar-refractivity contribution in [3.8, 4) is 0 Å². The third kappa shape index (κ3) is 4.40. The van der Waals surface area contributed by atoms with Crippen LogP contribution in [0.4, 0.5) is 5.82 Å². The Kier molecular flexibility index (Phi) is 5.10. The predicted molar refractivity (Wildman–Crippen MR) is 69.4 cm³/mol. The molecule has 0 radical (unpaired) electrons. The van der Waals surface area contributed by atoms with Gasteiger partial charge < -0.3 is 16.0 Å². The van der Waals surface area contributed by atoms with Crippen molar-refractivity contribution in [3.05, 3.63) is 23.9 Å². The van der Waals surface area contributed by atoms with Crippen LogP contribution >= 0.6 is 0 Å². The summed E-state index contributed by atoms with van der Waals surface area (Å²) in [4.78, 5) is 27.1. The second kappa shape index (κ2) is 6.58. The average molecular weight is 250 g/mol. The first-order valence-electron chi connectivity index (χ1n) is 5.74. The van der Waals surface area contributed by atoms with E-state index in [0.717, 1.165) is 0 Å². The highest BCUT2D eigenvalue weighted by Gasteiger charge is 2.09. The van der Waals surface area contributed by atoms with E-state index in [2.05, 4.69) is 20.9 Å². The lowest BCUT2D eigenvalue weighted by atomic mass is 10.2. The largest absolute Gasteiger partial charge is 0.373 e. The van der Waals surface area contributed by atoms with E-state index in [4.69, 9.17) is 0 Å². The molecule has 1 aromatic heterocycles. The van der Waals surface area contributed by atoms with Gasteiger partial charge in [-0.1, -0.05) is 0 Å². The zero-order chi connectivity index (χ0) is 13.5. The summed E-state index contributed by atoms with van der Waals surface area (Å²) in [7, 11) is 1.72. The van der Waals surface area contributed by atoms with E-state index in [1.807, 2.05) is 13.8 Å². The number of amides is 2. The highest BCUT2D eigenvalue weighted by molar-refractivity contribution is 5.96. The lowest BCUT2D eigenvalue weighted by molar-refractivity contribution is -0.120. The molecule has 0 bridgehead atoms. The van der Waals surface area contributed by atoms with Crippen molar-refractivity contribution in [2.75, 3.05) is 18.9 Å². The molecule has 2 amide bonds. The normalized spacial score (nSPS) is 10.0. The van der Waals surface area contributed by atoms with Crippen molar-refractivity contribution in [1.29, 1.82) is 0 Å². The SMILES string of the molecule is CNc1cc(C(=O)NCC(=O)NC(C)C)ccn1. The van der Waals surface area contributed by atoms with Crippen molar-refractivity contribution in [1.82, 2.24) is 15.6 Å². The van der Waals surface area contributed by atoms with Gasteiger partial charge in [-0.25, -0.2) is 4.98 Å². The van der Waals surface area contributed by atoms with Crippen LogP contribution < -0.4 is 16.0 Å². The van der Waals surface area contributed by atoms with E-state index >= 15 is 0 Å². The van der Waals surface area contributed by atoms with Crippen LogP contribution in [0.1, 0.15) is 24.2 Å². The lowest BCUT2D eigenvalue weighted by Crippen LogP contribution is -2.39. The van der Waals surface area contributed by atoms with Crippen molar-refractivity contribution in [2.24, 2.45) is 0 Å². The quantitative estimate of drug-likeness (QED) is 0.705. The first-order chi connectivity index (χ1) is 8.52. The summed E-state index contributed by atoms with van der Waals surface area (Å²) >= 11 is 0. The molecule has 0 aliphatic rings. The second-order valence-corrected chi connectivity index (χ2v) is 4.08. The van der Waals surface area contributed by atoms with Crippen LogP contribution in [0, 0.1) is 0 Å². The molecular formula is C12H18N4O2. The van der Waals surface area contributed by atoms with Crippen LogP contribution in [0.5, 0.6) is 0 Å². The van der Waals surface area contributed by atoms with Crippen molar-refractivity contribution >= 4 is 17.6 Å². The van der Waals surface area contributed by atoms with Crippen molar-refractivity contribution in [2.45, 2.75) is 19.9 Å². The minimum atomic E-state index is -0.298. The van der Waals surface area contributed by atoms with Crippen LogP contribution in [-0.2, 0) is 4.79 Å². The van der Waals surface area contributed by atoms with Gasteiger partial charge in [-0.05, 0) is 26.0 Å². The van der Waals surface area contributed by atoms with Gasteiger partial charge in [-0.15, -0.1) is 0 Å². The predicted octanol–water partition coefficient (Wildman–Crippen LogP) is 0.378. The second-order valence-electron chi connectivity index (χ2n) is 4.08. The first kappa shape index (κ1) is 14.0. The molecule has 0 atom stereocenters. The highest BCUT2D eigenvalue weighted by Crippen LogP contribution is 2.05. The third-order valence-electron chi connectivity index (χ3n) is 2.14. The number of rotatable bonds is 5. The molecule has 0 unspecified atom stereocenters. The molecule has 0 saturated heterocycles. The third-order valence-corrected chi connectivity index (χ3v) is 2.14. The zero-order valence-corrected chi connectivity index (χ0v) is 10.8. The van der Waals surface area contributed by atoms with E-state index < -0.39 is 0 Å². The summed E-state index contributed by atoms with van der Waals surface area (Å²) in [5.74, 6) is 0.100. The van der Waals surface area contributed by atoms with Gasteiger partial charge in [0.1, 0.15) is 5.82 Å². The minimum Gasteiger partial charge on any atom is -0.373 e. The van der Waals surface area contributed by atoms with Gasteiger partial charge in [0.05, 0.1) is 6.54 Å². The summed E-state index contributed by atoms with van der Waals surface area (Å²) in [6, 6.07) is 3.28. The van der Waals surface area contributed by atoms with Gasteiger partial charge in [0.25, 0.3) is 5.91 Å². The Bertz CT molecular complexity index is 432. The van der Waals surface area contributed by atoms with Gasteiger partial charge in [-0.2, -0.15) is 0 Å². The molecule has 1 heterocycles. The number of carbonyl (C=O) groups is 2. The van der Waals surface area contributed by atoms with Crippen LogP contribution in [0.25, 0.3) is 0 Å². The molecule has 0 aliphatic heterocycles. The number of anilines is 1. The molecule has 0 fully saturated rings. The first-order valence-corrected chi connectivity index (χ1v) is 5.74. The monoisotopic (exact) mass is 250 g/mol. The fourth-order valence-corrected chi connectivity index (χ4v) is 1.34. The molecule has 98 valence electrons. The van der Waals surface area contributed by atoms with Gasteiger partial charge in [0, 0.05) is 24.8 Å². The van der Waals surface area contributed by atoms with Gasteiger partial charge >= 0.3 is 0 Å². The number of aromatic nitrogens is 1. The van der Waals surface area contributed by atoms with E-state index in [-0.39, 0.29) is 24.4 Å². The Hall–Kier alpha value is -2.11. The fraction of sp³-hybridized carbons (Fsp3) is 0.417. The number of hydrogen-bond donors (Lipinski definition) is 3. The van der Waals surface area contributed by atoms with E-state index in [9.17, 15) is 9.59 Å². The van der Waals surface area contributed by atoms with E-state index in [0.29, 0.717) is 11.4 Å². The molecule has 0 spiro atoms. The molecule has 0 aliphatic carbocycles. The minimum absolute atomic E-state index is 0.0335. The summed E-state index contributed by atoms with van der Waals surface area (Å²) in [5, 5.41) is 8.09. The Morgan fingerprint density at radius 1 is 1.39 bits per heavy atom. The van der Waals surface area contributed by atoms with Crippen molar-refractivity contribution in [3.63, 3.8) is 0 Å². The molecule has 0 saturated carbocycles. The number of hydrogen-bond acceptors (Lipinski definition) is 4. The molecular weight excluding hydrogens is 232 g/mol. The number of nitrogens with one attached hydrogen (secondary N) is 3. The van der Waals surface area contributed by atoms with Crippen LogP contribution in [-0.4, -0.2) is 36.4 Å². The number of pyridine rings is 1. The zero-order valence-electron chi connectivity index (χ0n) is 10.8. The average Bonchev–Trinajstić information content (AvgIpc) is 2.35. The summed E-state index contributed by atoms with van der Waals surface area (Å²) in [6.07, 6.45) is 1.54. The smallest absolute Gasteiger partial charge is 0.251 e. The molecule has 1 rings (SSSR count). The maximum absolute atomic E-state index is 11.8. The Morgan fingerprint density at radius 3 is 2.72 bits per heavy atom. The molecule has 6 nitrogen and oxygen atoms in total. The fourth-order valence-electron chi connectivity index (χ4n) is 1.34. The molecule has 0 aromatic carbocycles. The molecule has 18 heavy (non-hydrogen) atoms. The van der Waals surface area contributed by atoms with Crippen molar-refractivity contribution < 1.29 is 9.59 Å². The van der Waals surface area contributed by atoms with Gasteiger partial charge in [0.2, 0.25) is 5.91 Å². The van der Waals surface area contributed by atoms with Crippen LogP contribution in [0.3, 0.4) is 0 Å². The van der Waals surface area contributed by atoms with E-state index in [1.54, 1.807) is 19.2 Å². The van der Waals surface area contributed by atoms with E-state index in [1.165, 1.54) is 6.20 Å². The maximum Gasteiger partial charge on any atom is 0.251 e.